The summed E-state index contributed by atoms with van der Waals surface area (Å²) >= 11 is 0. The molecule has 2 saturated heterocycles. The standard InChI is InChI=1S/C27H31N5O3.C5H9F2N.C2H3N/c1-19-6-3-7-20-8-4-9-23(25(19)20)32-12-11-21-22(18-32)28-27(35-2)29-26(21)31-15-13-30(14-16-31)24(34)10-5-17-33;1-8-3-2-5(6,7)4-8;1-2-3/h3-10,33H,11-18H2,1-2H3;2-4H2,1H3;1H3/b10-5+;;. The van der Waals surface area contributed by atoms with Crippen LogP contribution in [0.25, 0.3) is 10.8 Å². The van der Waals surface area contributed by atoms with Crippen LogP contribution in [-0.2, 0) is 17.8 Å². The Morgan fingerprint density at radius 3 is 2.37 bits per heavy atom. The number of halogens is 2. The number of rotatable bonds is 5. The second-order valence-corrected chi connectivity index (χ2v) is 11.5. The molecule has 12 heteroatoms. The van der Waals surface area contributed by atoms with E-state index in [0.29, 0.717) is 45.3 Å². The molecule has 246 valence electrons. The highest BCUT2D eigenvalue weighted by Gasteiger charge is 2.36. The molecule has 0 saturated carbocycles. The molecule has 10 nitrogen and oxygen atoms in total. The first-order chi connectivity index (χ1) is 22.1. The van der Waals surface area contributed by atoms with Crippen molar-refractivity contribution in [1.29, 1.82) is 5.26 Å². The van der Waals surface area contributed by atoms with Crippen LogP contribution in [0.3, 0.4) is 0 Å². The third-order valence-electron chi connectivity index (χ3n) is 8.25. The molecule has 3 aromatic rings. The van der Waals surface area contributed by atoms with Gasteiger partial charge in [0.05, 0.1) is 38.6 Å². The lowest BCUT2D eigenvalue weighted by Gasteiger charge is -2.38. The predicted molar refractivity (Wildman–Crippen MR) is 175 cm³/mol. The van der Waals surface area contributed by atoms with E-state index in [2.05, 4.69) is 53.1 Å². The number of aliphatic hydroxyl groups is 1. The zero-order chi connectivity index (χ0) is 33.3. The molecule has 0 radical (unpaired) electrons. The van der Waals surface area contributed by atoms with E-state index in [-0.39, 0.29) is 25.5 Å². The number of aliphatic hydroxyl groups excluding tert-OH is 1. The highest BCUT2D eigenvalue weighted by Crippen LogP contribution is 2.35. The van der Waals surface area contributed by atoms with E-state index >= 15 is 0 Å². The molecule has 0 spiro atoms. The van der Waals surface area contributed by atoms with Gasteiger partial charge >= 0.3 is 6.01 Å². The predicted octanol–water partition coefficient (Wildman–Crippen LogP) is 4.19. The minimum absolute atomic E-state index is 0.0312. The molecular formula is C34H43F2N7O3. The minimum Gasteiger partial charge on any atom is -0.467 e. The Morgan fingerprint density at radius 2 is 1.78 bits per heavy atom. The zero-order valence-electron chi connectivity index (χ0n) is 27.0. The van der Waals surface area contributed by atoms with Crippen molar-refractivity contribution in [2.45, 2.75) is 39.2 Å². The van der Waals surface area contributed by atoms with Gasteiger partial charge in [-0.15, -0.1) is 0 Å². The molecule has 0 bridgehead atoms. The van der Waals surface area contributed by atoms with Gasteiger partial charge in [0.25, 0.3) is 5.92 Å². The molecule has 3 aliphatic rings. The molecule has 1 N–H and O–H groups in total. The highest BCUT2D eigenvalue weighted by atomic mass is 19.3. The number of fused-ring (bicyclic) bond motifs is 2. The number of likely N-dealkylation sites (tertiary alicyclic amines) is 1. The van der Waals surface area contributed by atoms with Crippen LogP contribution in [0.4, 0.5) is 20.3 Å². The number of carbonyl (C=O) groups is 1. The molecule has 1 amide bonds. The zero-order valence-corrected chi connectivity index (χ0v) is 27.0. The fourth-order valence-electron chi connectivity index (χ4n) is 6.02. The third-order valence-corrected chi connectivity index (χ3v) is 8.25. The SMILES string of the molecule is CC#N.CN1CCC(F)(F)C1.COc1nc2c(c(N3CCN(C(=O)/C=C/CO)CC3)n1)CCN(c1cccc3cccc(C)c13)C2. The van der Waals surface area contributed by atoms with E-state index in [4.69, 9.17) is 25.1 Å². The number of methoxy groups -OCH3 is 1. The molecular weight excluding hydrogens is 592 g/mol. The summed E-state index contributed by atoms with van der Waals surface area (Å²) in [6.07, 6.45) is 3.79. The number of nitrogens with zero attached hydrogens (tertiary/aromatic N) is 7. The van der Waals surface area contributed by atoms with Crippen LogP contribution >= 0.6 is 0 Å². The summed E-state index contributed by atoms with van der Waals surface area (Å²) in [5, 5.41) is 18.8. The molecule has 46 heavy (non-hydrogen) atoms. The summed E-state index contributed by atoms with van der Waals surface area (Å²) in [4.78, 5) is 29.8. The first-order valence-corrected chi connectivity index (χ1v) is 15.5. The van der Waals surface area contributed by atoms with Crippen LogP contribution < -0.4 is 14.5 Å². The van der Waals surface area contributed by atoms with Crippen molar-refractivity contribution in [3.63, 3.8) is 0 Å². The van der Waals surface area contributed by atoms with Gasteiger partial charge in [-0.25, -0.2) is 8.78 Å². The van der Waals surface area contributed by atoms with Crippen molar-refractivity contribution in [1.82, 2.24) is 19.8 Å². The molecule has 3 aliphatic heterocycles. The van der Waals surface area contributed by atoms with Crippen LogP contribution in [0.5, 0.6) is 6.01 Å². The molecule has 1 aromatic heterocycles. The Bertz CT molecular complexity index is 1560. The lowest BCUT2D eigenvalue weighted by atomic mass is 9.99. The minimum atomic E-state index is -2.41. The summed E-state index contributed by atoms with van der Waals surface area (Å²) in [6, 6.07) is 15.0. The van der Waals surface area contributed by atoms with Crippen LogP contribution in [-0.4, -0.2) is 103 Å². The van der Waals surface area contributed by atoms with Gasteiger partial charge in [0.2, 0.25) is 5.91 Å². The van der Waals surface area contributed by atoms with E-state index < -0.39 is 5.92 Å². The normalized spacial score (nSPS) is 17.5. The molecule has 0 atom stereocenters. The first-order valence-electron chi connectivity index (χ1n) is 15.5. The lowest BCUT2D eigenvalue weighted by molar-refractivity contribution is -0.126. The molecule has 2 fully saturated rings. The lowest BCUT2D eigenvalue weighted by Crippen LogP contribution is -2.49. The van der Waals surface area contributed by atoms with Crippen LogP contribution in [0.1, 0.15) is 30.2 Å². The number of aryl methyl sites for hydroxylation is 1. The van der Waals surface area contributed by atoms with Crippen molar-refractivity contribution >= 4 is 28.2 Å². The van der Waals surface area contributed by atoms with E-state index in [1.807, 2.05) is 0 Å². The number of piperazine rings is 1. The Morgan fingerprint density at radius 1 is 1.09 bits per heavy atom. The number of hydrogen-bond donors (Lipinski definition) is 1. The first kappa shape index (κ1) is 34.5. The van der Waals surface area contributed by atoms with Crippen LogP contribution in [0, 0.1) is 18.3 Å². The quantitative estimate of drug-likeness (QED) is 0.413. The van der Waals surface area contributed by atoms with Crippen LogP contribution in [0.15, 0.2) is 48.6 Å². The molecule has 4 heterocycles. The Kier molecular flexibility index (Phi) is 11.8. The number of aromatic nitrogens is 2. The van der Waals surface area contributed by atoms with Crippen molar-refractivity contribution in [3.05, 3.63) is 65.4 Å². The van der Waals surface area contributed by atoms with E-state index in [1.54, 1.807) is 30.0 Å². The maximum absolute atomic E-state index is 12.3. The van der Waals surface area contributed by atoms with Crippen molar-refractivity contribution in [3.8, 4) is 12.1 Å². The van der Waals surface area contributed by atoms with Crippen molar-refractivity contribution in [2.75, 3.05) is 76.4 Å². The molecule has 0 aliphatic carbocycles. The monoisotopic (exact) mass is 635 g/mol. The van der Waals surface area contributed by atoms with Gasteiger partial charge in [-0.3, -0.25) is 4.79 Å². The van der Waals surface area contributed by atoms with Gasteiger partial charge in [-0.2, -0.15) is 15.2 Å². The molecule has 2 aromatic carbocycles. The molecule has 0 unspecified atom stereocenters. The number of carbonyl (C=O) groups excluding carboxylic acids is 1. The Labute approximate surface area is 269 Å². The van der Waals surface area contributed by atoms with E-state index in [1.165, 1.54) is 46.7 Å². The van der Waals surface area contributed by atoms with Gasteiger partial charge < -0.3 is 29.4 Å². The maximum Gasteiger partial charge on any atom is 0.318 e. The van der Waals surface area contributed by atoms with Gasteiger partial charge in [-0.05, 0) is 37.4 Å². The van der Waals surface area contributed by atoms with Gasteiger partial charge in [-0.1, -0.05) is 36.4 Å². The second-order valence-electron chi connectivity index (χ2n) is 11.5. The number of anilines is 2. The fourth-order valence-corrected chi connectivity index (χ4v) is 6.02. The van der Waals surface area contributed by atoms with Gasteiger partial charge in [0.1, 0.15) is 5.82 Å². The smallest absolute Gasteiger partial charge is 0.318 e. The summed E-state index contributed by atoms with van der Waals surface area (Å²) in [6.45, 7) is 8.11. The fraction of sp³-hybridized carbons (Fsp3) is 0.471. The number of nitriles is 1. The van der Waals surface area contributed by atoms with Gasteiger partial charge in [0.15, 0.2) is 0 Å². The number of benzene rings is 2. The van der Waals surface area contributed by atoms with E-state index in [9.17, 15) is 13.6 Å². The number of ether oxygens (including phenoxy) is 1. The summed E-state index contributed by atoms with van der Waals surface area (Å²) in [5.74, 6) is -1.56. The second kappa shape index (κ2) is 15.8. The Hall–Kier alpha value is -4.34. The number of amides is 1. The van der Waals surface area contributed by atoms with Crippen molar-refractivity contribution in [2.24, 2.45) is 0 Å². The maximum atomic E-state index is 12.3. The average molecular weight is 636 g/mol. The Balaban J connectivity index is 0.000000373. The largest absolute Gasteiger partial charge is 0.467 e. The van der Waals surface area contributed by atoms with Gasteiger partial charge in [0, 0.05) is 75.3 Å². The third kappa shape index (κ3) is 8.47. The number of hydrogen-bond acceptors (Lipinski definition) is 9. The average Bonchev–Trinajstić information content (AvgIpc) is 3.38. The summed E-state index contributed by atoms with van der Waals surface area (Å²) < 4.78 is 29.8. The van der Waals surface area contributed by atoms with Crippen molar-refractivity contribution < 1.29 is 23.4 Å². The summed E-state index contributed by atoms with van der Waals surface area (Å²) in [7, 11) is 3.31. The topological polar surface area (TPSA) is 109 Å². The number of alkyl halides is 2. The van der Waals surface area contributed by atoms with Crippen LogP contribution in [0.2, 0.25) is 0 Å². The molecule has 6 rings (SSSR count). The van der Waals surface area contributed by atoms with E-state index in [0.717, 1.165) is 24.5 Å². The highest BCUT2D eigenvalue weighted by molar-refractivity contribution is 5.97. The summed E-state index contributed by atoms with van der Waals surface area (Å²) in [5.41, 5.74) is 4.66.